The van der Waals surface area contributed by atoms with Crippen molar-refractivity contribution in [3.63, 3.8) is 0 Å². The van der Waals surface area contributed by atoms with E-state index in [9.17, 15) is 9.90 Å². The molecule has 2 heterocycles. The van der Waals surface area contributed by atoms with Crippen molar-refractivity contribution in [2.24, 2.45) is 0 Å². The van der Waals surface area contributed by atoms with Gasteiger partial charge in [-0.2, -0.15) is 0 Å². The number of nitrogens with one attached hydrogen (secondary N) is 1. The maximum absolute atomic E-state index is 12.3. The third kappa shape index (κ3) is 3.51. The number of hydrogen-bond acceptors (Lipinski definition) is 5. The number of rotatable bonds is 3. The van der Waals surface area contributed by atoms with Crippen molar-refractivity contribution in [1.82, 2.24) is 10.2 Å². The molecular weight excluding hydrogens is 282 g/mol. The Bertz CT molecular complexity index is 509. The highest BCUT2D eigenvalue weighted by Gasteiger charge is 2.25. The molecule has 120 valence electrons. The summed E-state index contributed by atoms with van der Waals surface area (Å²) in [7, 11) is 0. The maximum atomic E-state index is 12.3. The van der Waals surface area contributed by atoms with Crippen molar-refractivity contribution in [1.29, 1.82) is 0 Å². The predicted molar refractivity (Wildman–Crippen MR) is 84.1 cm³/mol. The summed E-state index contributed by atoms with van der Waals surface area (Å²) < 4.78 is 5.59. The number of carbonyl (C=O) groups is 1. The third-order valence-electron chi connectivity index (χ3n) is 4.26. The molecule has 22 heavy (non-hydrogen) atoms. The van der Waals surface area contributed by atoms with E-state index in [4.69, 9.17) is 4.74 Å². The fraction of sp³-hybridized carbons (Fsp3) is 0.562. The lowest BCUT2D eigenvalue weighted by Gasteiger charge is -2.37. The zero-order valence-electron chi connectivity index (χ0n) is 12.7. The SMILES string of the molecule is O=C(CC1CNCCO1)N1CCN(c2ccccc2O)CC1. The molecule has 0 saturated carbocycles. The molecule has 2 fully saturated rings. The molecule has 0 bridgehead atoms. The molecule has 1 amide bonds. The Morgan fingerprint density at radius 2 is 2.05 bits per heavy atom. The smallest absolute Gasteiger partial charge is 0.225 e. The molecule has 1 atom stereocenters. The number of para-hydroxylation sites is 2. The number of benzene rings is 1. The van der Waals surface area contributed by atoms with Gasteiger partial charge >= 0.3 is 0 Å². The van der Waals surface area contributed by atoms with Gasteiger partial charge in [-0.25, -0.2) is 0 Å². The summed E-state index contributed by atoms with van der Waals surface area (Å²) in [5, 5.41) is 13.2. The number of amides is 1. The number of anilines is 1. The monoisotopic (exact) mass is 305 g/mol. The lowest BCUT2D eigenvalue weighted by atomic mass is 10.1. The Kier molecular flexibility index (Phi) is 4.80. The topological polar surface area (TPSA) is 65.0 Å². The first-order valence-electron chi connectivity index (χ1n) is 7.87. The molecule has 6 heteroatoms. The molecule has 1 unspecified atom stereocenters. The highest BCUT2D eigenvalue weighted by Crippen LogP contribution is 2.27. The van der Waals surface area contributed by atoms with Gasteiger partial charge in [-0.1, -0.05) is 12.1 Å². The van der Waals surface area contributed by atoms with Gasteiger partial charge in [0.05, 0.1) is 24.8 Å². The molecule has 0 aromatic heterocycles. The van der Waals surface area contributed by atoms with E-state index in [1.165, 1.54) is 0 Å². The maximum Gasteiger partial charge on any atom is 0.225 e. The number of phenols is 1. The van der Waals surface area contributed by atoms with E-state index in [0.717, 1.165) is 31.9 Å². The summed E-state index contributed by atoms with van der Waals surface area (Å²) in [5.41, 5.74) is 0.842. The molecule has 2 N–H and O–H groups in total. The number of phenolic OH excluding ortho intramolecular Hbond substituents is 1. The van der Waals surface area contributed by atoms with Crippen molar-refractivity contribution >= 4 is 11.6 Å². The number of nitrogens with zero attached hydrogens (tertiary/aromatic N) is 2. The lowest BCUT2D eigenvalue weighted by molar-refractivity contribution is -0.135. The van der Waals surface area contributed by atoms with Gasteiger partial charge < -0.3 is 25.0 Å². The zero-order valence-corrected chi connectivity index (χ0v) is 12.7. The molecule has 6 nitrogen and oxygen atoms in total. The van der Waals surface area contributed by atoms with Crippen molar-refractivity contribution in [3.8, 4) is 5.75 Å². The third-order valence-corrected chi connectivity index (χ3v) is 4.26. The van der Waals surface area contributed by atoms with E-state index in [2.05, 4.69) is 10.2 Å². The van der Waals surface area contributed by atoms with Crippen LogP contribution in [0.5, 0.6) is 5.75 Å². The second-order valence-corrected chi connectivity index (χ2v) is 5.76. The van der Waals surface area contributed by atoms with E-state index < -0.39 is 0 Å². The lowest BCUT2D eigenvalue weighted by Crippen LogP contribution is -2.50. The van der Waals surface area contributed by atoms with Crippen LogP contribution in [0.25, 0.3) is 0 Å². The number of hydrogen-bond donors (Lipinski definition) is 2. The van der Waals surface area contributed by atoms with Crippen LogP contribution in [0.2, 0.25) is 0 Å². The van der Waals surface area contributed by atoms with Gasteiger partial charge in [-0.15, -0.1) is 0 Å². The van der Waals surface area contributed by atoms with E-state index in [1.54, 1.807) is 6.07 Å². The van der Waals surface area contributed by atoms with Gasteiger partial charge in [-0.3, -0.25) is 4.79 Å². The predicted octanol–water partition coefficient (Wildman–Crippen LogP) is 0.419. The molecule has 2 aliphatic heterocycles. The molecule has 2 aliphatic rings. The number of aromatic hydroxyl groups is 1. The summed E-state index contributed by atoms with van der Waals surface area (Å²) in [5.74, 6) is 0.453. The van der Waals surface area contributed by atoms with Gasteiger partial charge in [0.25, 0.3) is 0 Å². The van der Waals surface area contributed by atoms with Crippen molar-refractivity contribution in [2.45, 2.75) is 12.5 Å². The van der Waals surface area contributed by atoms with Crippen LogP contribution < -0.4 is 10.2 Å². The summed E-state index contributed by atoms with van der Waals surface area (Å²) in [6.07, 6.45) is 0.446. The number of piperazine rings is 1. The minimum atomic E-state index is -0.00236. The minimum Gasteiger partial charge on any atom is -0.506 e. The summed E-state index contributed by atoms with van der Waals surface area (Å²) in [6.45, 7) is 5.16. The highest BCUT2D eigenvalue weighted by atomic mass is 16.5. The minimum absolute atomic E-state index is 0.00236. The van der Waals surface area contributed by atoms with Crippen LogP contribution in [-0.4, -0.2) is 67.9 Å². The number of ether oxygens (including phenoxy) is 1. The molecule has 1 aromatic carbocycles. The molecule has 1 aromatic rings. The highest BCUT2D eigenvalue weighted by molar-refractivity contribution is 5.77. The molecule has 3 rings (SSSR count). The fourth-order valence-electron chi connectivity index (χ4n) is 3.00. The zero-order chi connectivity index (χ0) is 15.4. The van der Waals surface area contributed by atoms with Crippen LogP contribution in [0.1, 0.15) is 6.42 Å². The average molecular weight is 305 g/mol. The standard InChI is InChI=1S/C16H23N3O3/c20-15-4-2-1-3-14(15)18-6-8-19(9-7-18)16(21)11-13-12-17-5-10-22-13/h1-4,13,17,20H,5-12H2. The number of morpholine rings is 1. The van der Waals surface area contributed by atoms with Crippen LogP contribution in [0.4, 0.5) is 5.69 Å². The second kappa shape index (κ2) is 6.98. The Morgan fingerprint density at radius 1 is 1.27 bits per heavy atom. The van der Waals surface area contributed by atoms with Gasteiger partial charge in [0.15, 0.2) is 0 Å². The van der Waals surface area contributed by atoms with Crippen molar-refractivity contribution < 1.29 is 14.6 Å². The Labute approximate surface area is 130 Å². The second-order valence-electron chi connectivity index (χ2n) is 5.76. The van der Waals surface area contributed by atoms with Crippen LogP contribution in [0.3, 0.4) is 0 Å². The van der Waals surface area contributed by atoms with Gasteiger partial charge in [0.1, 0.15) is 5.75 Å². The molecule has 0 spiro atoms. The molecule has 0 aliphatic carbocycles. The normalized spacial score (nSPS) is 22.6. The summed E-state index contributed by atoms with van der Waals surface area (Å²) in [6, 6.07) is 7.34. The molecule has 2 saturated heterocycles. The summed E-state index contributed by atoms with van der Waals surface area (Å²) >= 11 is 0. The van der Waals surface area contributed by atoms with Gasteiger partial charge in [-0.05, 0) is 12.1 Å². The van der Waals surface area contributed by atoms with Crippen LogP contribution in [0.15, 0.2) is 24.3 Å². The van der Waals surface area contributed by atoms with Crippen molar-refractivity contribution in [3.05, 3.63) is 24.3 Å². The first kappa shape index (κ1) is 15.1. The van der Waals surface area contributed by atoms with E-state index in [0.29, 0.717) is 31.9 Å². The Balaban J connectivity index is 1.51. The van der Waals surface area contributed by atoms with Crippen LogP contribution >= 0.6 is 0 Å². The fourth-order valence-corrected chi connectivity index (χ4v) is 3.00. The molecular formula is C16H23N3O3. The first-order valence-corrected chi connectivity index (χ1v) is 7.87. The van der Waals surface area contributed by atoms with Crippen LogP contribution in [-0.2, 0) is 9.53 Å². The molecule has 0 radical (unpaired) electrons. The Morgan fingerprint density at radius 3 is 2.73 bits per heavy atom. The van der Waals surface area contributed by atoms with E-state index in [-0.39, 0.29) is 12.0 Å². The van der Waals surface area contributed by atoms with Crippen LogP contribution in [0, 0.1) is 0 Å². The van der Waals surface area contributed by atoms with Gasteiger partial charge in [0.2, 0.25) is 5.91 Å². The van der Waals surface area contributed by atoms with E-state index in [1.807, 2.05) is 23.1 Å². The average Bonchev–Trinajstić information content (AvgIpc) is 2.56. The van der Waals surface area contributed by atoms with Crippen molar-refractivity contribution in [2.75, 3.05) is 50.8 Å². The van der Waals surface area contributed by atoms with Gasteiger partial charge in [0, 0.05) is 39.3 Å². The first-order chi connectivity index (χ1) is 10.7. The summed E-state index contributed by atoms with van der Waals surface area (Å²) in [4.78, 5) is 16.3. The largest absolute Gasteiger partial charge is 0.506 e. The van der Waals surface area contributed by atoms with E-state index >= 15 is 0 Å². The Hall–Kier alpha value is -1.79. The quantitative estimate of drug-likeness (QED) is 0.847. The number of carbonyl (C=O) groups excluding carboxylic acids is 1.